The minimum Gasteiger partial charge on any atom is -0.462 e. The van der Waals surface area contributed by atoms with Crippen LogP contribution in [-0.2, 0) is 17.6 Å². The molecule has 0 bridgehead atoms. The van der Waals surface area contributed by atoms with E-state index in [0.29, 0.717) is 16.1 Å². The summed E-state index contributed by atoms with van der Waals surface area (Å²) in [6.45, 7) is 3.91. The Labute approximate surface area is 217 Å². The lowest BCUT2D eigenvalue weighted by molar-refractivity contribution is 0.0526. The molecule has 0 saturated heterocycles. The SMILES string of the molecule is CCOC(=O)c1c(NC(=S)N[C@H](NC(=O)c2cccc(C)c2)C(Cl)(Cl)Cl)sc2c1CCCC2. The maximum Gasteiger partial charge on any atom is 0.341 e. The van der Waals surface area contributed by atoms with Crippen LogP contribution in [0.4, 0.5) is 5.00 Å². The number of thiophene rings is 1. The first-order valence-electron chi connectivity index (χ1n) is 10.4. The molecule has 0 aliphatic heterocycles. The fraction of sp³-hybridized carbons (Fsp3) is 0.409. The van der Waals surface area contributed by atoms with E-state index in [1.807, 2.05) is 13.0 Å². The predicted octanol–water partition coefficient (Wildman–Crippen LogP) is 5.52. The minimum absolute atomic E-state index is 0.0972. The predicted molar refractivity (Wildman–Crippen MR) is 139 cm³/mol. The number of aryl methyl sites for hydroxylation is 2. The van der Waals surface area contributed by atoms with Gasteiger partial charge in [0.1, 0.15) is 11.2 Å². The van der Waals surface area contributed by atoms with E-state index < -0.39 is 21.8 Å². The highest BCUT2D eigenvalue weighted by molar-refractivity contribution is 7.80. The average Bonchev–Trinajstić information content (AvgIpc) is 3.10. The summed E-state index contributed by atoms with van der Waals surface area (Å²) in [5, 5.41) is 9.22. The molecule has 1 aromatic heterocycles. The van der Waals surface area contributed by atoms with E-state index in [0.717, 1.165) is 41.7 Å². The summed E-state index contributed by atoms with van der Waals surface area (Å²) in [5.41, 5.74) is 2.84. The van der Waals surface area contributed by atoms with E-state index >= 15 is 0 Å². The number of ether oxygens (including phenoxy) is 1. The first kappa shape index (κ1) is 26.0. The third-order valence-corrected chi connectivity index (χ3v) is 7.12. The van der Waals surface area contributed by atoms with E-state index in [4.69, 9.17) is 51.8 Å². The van der Waals surface area contributed by atoms with Gasteiger partial charge in [-0.05, 0) is 69.4 Å². The van der Waals surface area contributed by atoms with Gasteiger partial charge in [0.2, 0.25) is 3.79 Å². The zero-order valence-electron chi connectivity index (χ0n) is 18.1. The van der Waals surface area contributed by atoms with Gasteiger partial charge in [0.05, 0.1) is 12.2 Å². The first-order chi connectivity index (χ1) is 15.6. The van der Waals surface area contributed by atoms with Gasteiger partial charge in [-0.15, -0.1) is 11.3 Å². The Bertz CT molecular complexity index is 1050. The molecule has 1 atom stereocenters. The topological polar surface area (TPSA) is 79.5 Å². The number of benzene rings is 1. The zero-order valence-corrected chi connectivity index (χ0v) is 22.0. The fourth-order valence-corrected chi connectivity index (χ4v) is 5.44. The number of hydrogen-bond acceptors (Lipinski definition) is 5. The Balaban J connectivity index is 1.78. The number of carbonyl (C=O) groups excluding carboxylic acids is 2. The van der Waals surface area contributed by atoms with Crippen LogP contribution in [0, 0.1) is 6.92 Å². The number of anilines is 1. The van der Waals surface area contributed by atoms with Crippen LogP contribution in [-0.4, -0.2) is 33.6 Å². The monoisotopic (exact) mass is 547 g/mol. The van der Waals surface area contributed by atoms with Crippen molar-refractivity contribution in [2.75, 3.05) is 11.9 Å². The van der Waals surface area contributed by atoms with Gasteiger partial charge in [0.25, 0.3) is 5.91 Å². The van der Waals surface area contributed by atoms with E-state index in [2.05, 4.69) is 16.0 Å². The van der Waals surface area contributed by atoms with Crippen LogP contribution in [0.25, 0.3) is 0 Å². The molecular weight excluding hydrogens is 525 g/mol. The average molecular weight is 549 g/mol. The summed E-state index contributed by atoms with van der Waals surface area (Å²) in [5.74, 6) is -0.822. The molecule has 1 heterocycles. The molecule has 1 aliphatic rings. The van der Waals surface area contributed by atoms with Crippen molar-refractivity contribution in [2.45, 2.75) is 49.5 Å². The van der Waals surface area contributed by atoms with Gasteiger partial charge in [-0.2, -0.15) is 0 Å². The van der Waals surface area contributed by atoms with Crippen LogP contribution in [0.3, 0.4) is 0 Å². The van der Waals surface area contributed by atoms with Gasteiger partial charge < -0.3 is 20.7 Å². The number of rotatable bonds is 6. The van der Waals surface area contributed by atoms with Crippen molar-refractivity contribution in [3.8, 4) is 0 Å². The standard InChI is InChI=1S/C22H24Cl3N3O3S2/c1-3-31-19(30)16-14-9-4-5-10-15(14)33-18(16)27-21(32)28-20(22(23,24)25)26-17(29)13-8-6-7-12(2)11-13/h6-8,11,20H,3-5,9-10H2,1-2H3,(H,26,29)(H2,27,28,32)/t20-/m0/s1. The van der Waals surface area contributed by atoms with Crippen molar-refractivity contribution in [2.24, 2.45) is 0 Å². The molecule has 6 nitrogen and oxygen atoms in total. The van der Waals surface area contributed by atoms with Crippen LogP contribution < -0.4 is 16.0 Å². The number of halogens is 3. The van der Waals surface area contributed by atoms with E-state index in [1.54, 1.807) is 25.1 Å². The van der Waals surface area contributed by atoms with E-state index in [1.165, 1.54) is 11.3 Å². The number of hydrogen-bond donors (Lipinski definition) is 3. The fourth-order valence-electron chi connectivity index (χ4n) is 3.54. The number of esters is 1. The van der Waals surface area contributed by atoms with Gasteiger partial charge in [0.15, 0.2) is 5.11 Å². The maximum absolute atomic E-state index is 12.7. The maximum atomic E-state index is 12.7. The second kappa shape index (κ2) is 11.2. The van der Waals surface area contributed by atoms with Gasteiger partial charge in [-0.25, -0.2) is 4.79 Å². The molecule has 178 valence electrons. The lowest BCUT2D eigenvalue weighted by Gasteiger charge is -2.27. The molecular formula is C22H24Cl3N3O3S2. The lowest BCUT2D eigenvalue weighted by Crippen LogP contribution is -2.56. The van der Waals surface area contributed by atoms with Crippen molar-refractivity contribution in [3.63, 3.8) is 0 Å². The zero-order chi connectivity index (χ0) is 24.2. The van der Waals surface area contributed by atoms with E-state index in [-0.39, 0.29) is 11.7 Å². The Morgan fingerprint density at radius 2 is 1.94 bits per heavy atom. The minimum atomic E-state index is -1.90. The summed E-state index contributed by atoms with van der Waals surface area (Å²) >= 11 is 25.2. The normalized spacial score (nSPS) is 14.1. The second-order valence-electron chi connectivity index (χ2n) is 7.55. The molecule has 3 rings (SSSR count). The van der Waals surface area contributed by atoms with Crippen LogP contribution in [0.2, 0.25) is 0 Å². The quantitative estimate of drug-likeness (QED) is 0.191. The molecule has 0 fully saturated rings. The van der Waals surface area contributed by atoms with Crippen molar-refractivity contribution in [1.29, 1.82) is 0 Å². The van der Waals surface area contributed by atoms with Crippen LogP contribution in [0.5, 0.6) is 0 Å². The van der Waals surface area contributed by atoms with Crippen LogP contribution in [0.1, 0.15) is 56.5 Å². The Morgan fingerprint density at radius 3 is 2.61 bits per heavy atom. The van der Waals surface area contributed by atoms with Gasteiger partial charge in [-0.1, -0.05) is 52.5 Å². The largest absolute Gasteiger partial charge is 0.462 e. The molecule has 0 radical (unpaired) electrons. The third-order valence-electron chi connectivity index (χ3n) is 5.04. The molecule has 3 N–H and O–H groups in total. The van der Waals surface area contributed by atoms with Crippen molar-refractivity contribution in [1.82, 2.24) is 10.6 Å². The summed E-state index contributed by atoms with van der Waals surface area (Å²) in [6.07, 6.45) is 2.66. The number of fused-ring (bicyclic) bond motifs is 1. The summed E-state index contributed by atoms with van der Waals surface area (Å²) in [6, 6.07) is 7.03. The molecule has 1 aromatic carbocycles. The first-order valence-corrected chi connectivity index (χ1v) is 12.8. The molecule has 33 heavy (non-hydrogen) atoms. The third kappa shape index (κ3) is 6.73. The summed E-state index contributed by atoms with van der Waals surface area (Å²) in [7, 11) is 0. The molecule has 0 spiro atoms. The van der Waals surface area contributed by atoms with E-state index in [9.17, 15) is 9.59 Å². The van der Waals surface area contributed by atoms with Gasteiger partial charge >= 0.3 is 5.97 Å². The molecule has 0 unspecified atom stereocenters. The smallest absolute Gasteiger partial charge is 0.341 e. The lowest BCUT2D eigenvalue weighted by atomic mass is 9.95. The molecule has 11 heteroatoms. The number of alkyl halides is 3. The highest BCUT2D eigenvalue weighted by Gasteiger charge is 2.35. The second-order valence-corrected chi connectivity index (χ2v) is 11.4. The van der Waals surface area contributed by atoms with Crippen molar-refractivity contribution < 1.29 is 14.3 Å². The van der Waals surface area contributed by atoms with Crippen molar-refractivity contribution in [3.05, 3.63) is 51.4 Å². The molecule has 1 aliphatic carbocycles. The highest BCUT2D eigenvalue weighted by atomic mass is 35.6. The number of carbonyl (C=O) groups is 2. The van der Waals surface area contributed by atoms with Crippen LogP contribution >= 0.6 is 58.4 Å². The Morgan fingerprint density at radius 1 is 1.21 bits per heavy atom. The Hall–Kier alpha value is -1.58. The number of nitrogens with one attached hydrogen (secondary N) is 3. The highest BCUT2D eigenvalue weighted by Crippen LogP contribution is 2.38. The molecule has 1 amide bonds. The van der Waals surface area contributed by atoms with Crippen molar-refractivity contribution >= 4 is 80.3 Å². The number of thiocarbonyl (C=S) groups is 1. The van der Waals surface area contributed by atoms with Gasteiger partial charge in [-0.3, -0.25) is 4.79 Å². The summed E-state index contributed by atoms with van der Waals surface area (Å²) < 4.78 is 3.37. The van der Waals surface area contributed by atoms with Crippen LogP contribution in [0.15, 0.2) is 24.3 Å². The molecule has 2 aromatic rings. The number of amides is 1. The van der Waals surface area contributed by atoms with Gasteiger partial charge in [0, 0.05) is 10.4 Å². The Kier molecular flexibility index (Phi) is 8.86. The molecule has 0 saturated carbocycles. The summed E-state index contributed by atoms with van der Waals surface area (Å²) in [4.78, 5) is 26.5.